The smallest absolute Gasteiger partial charge is 0.256 e. The average molecular weight is 354 g/mol. The van der Waals surface area contributed by atoms with E-state index < -0.39 is 6.04 Å². The van der Waals surface area contributed by atoms with Gasteiger partial charge in [0.15, 0.2) is 0 Å². The van der Waals surface area contributed by atoms with Crippen molar-refractivity contribution in [2.75, 3.05) is 23.4 Å². The molecule has 0 radical (unpaired) electrons. The van der Waals surface area contributed by atoms with Gasteiger partial charge in [-0.1, -0.05) is 0 Å². The van der Waals surface area contributed by atoms with E-state index in [-0.39, 0.29) is 18.2 Å². The molecule has 3 rings (SSSR count). The van der Waals surface area contributed by atoms with E-state index >= 15 is 0 Å². The molecule has 1 aliphatic rings. The second-order valence-electron chi connectivity index (χ2n) is 5.85. The topological polar surface area (TPSA) is 67.9 Å². The van der Waals surface area contributed by atoms with Gasteiger partial charge < -0.3 is 14.8 Å². The monoisotopic (exact) mass is 354 g/mol. The number of benzene rings is 2. The van der Waals surface area contributed by atoms with Gasteiger partial charge in [-0.3, -0.25) is 9.59 Å². The molecule has 1 saturated heterocycles. The molecule has 0 bridgehead atoms. The summed E-state index contributed by atoms with van der Waals surface area (Å²) in [6.45, 7) is 4.98. The minimum absolute atomic E-state index is 0.124. The van der Waals surface area contributed by atoms with Gasteiger partial charge in [0.2, 0.25) is 5.91 Å². The third kappa shape index (κ3) is 3.79. The van der Waals surface area contributed by atoms with Crippen molar-refractivity contribution < 1.29 is 19.1 Å². The molecule has 1 heterocycles. The molecule has 136 valence electrons. The van der Waals surface area contributed by atoms with Crippen molar-refractivity contribution >= 4 is 23.2 Å². The fourth-order valence-electron chi connectivity index (χ4n) is 2.89. The molecule has 0 aromatic heterocycles. The van der Waals surface area contributed by atoms with Gasteiger partial charge in [0, 0.05) is 5.69 Å². The first kappa shape index (κ1) is 17.8. The molecule has 6 heteroatoms. The summed E-state index contributed by atoms with van der Waals surface area (Å²) in [5, 5.41) is 3.13. The first-order valence-corrected chi connectivity index (χ1v) is 8.71. The molecule has 6 nitrogen and oxygen atoms in total. The van der Waals surface area contributed by atoms with Crippen molar-refractivity contribution in [2.24, 2.45) is 0 Å². The Morgan fingerprint density at radius 3 is 2.00 bits per heavy atom. The maximum Gasteiger partial charge on any atom is 0.256 e. The van der Waals surface area contributed by atoms with E-state index in [1.807, 2.05) is 38.1 Å². The van der Waals surface area contributed by atoms with E-state index in [4.69, 9.17) is 9.47 Å². The first-order chi connectivity index (χ1) is 12.6. The summed E-state index contributed by atoms with van der Waals surface area (Å²) in [4.78, 5) is 26.3. The quantitative estimate of drug-likeness (QED) is 0.773. The number of imide groups is 1. The van der Waals surface area contributed by atoms with Crippen molar-refractivity contribution in [2.45, 2.75) is 26.3 Å². The lowest BCUT2D eigenvalue weighted by molar-refractivity contribution is -0.121. The van der Waals surface area contributed by atoms with E-state index in [1.54, 1.807) is 24.3 Å². The molecular weight excluding hydrogens is 332 g/mol. The van der Waals surface area contributed by atoms with Gasteiger partial charge in [0.05, 0.1) is 25.3 Å². The van der Waals surface area contributed by atoms with E-state index in [1.165, 1.54) is 4.90 Å². The Bertz CT molecular complexity index is 771. The number of nitrogens with zero attached hydrogens (tertiary/aromatic N) is 1. The van der Waals surface area contributed by atoms with Crippen molar-refractivity contribution in [3.05, 3.63) is 48.5 Å². The number of rotatable bonds is 7. The van der Waals surface area contributed by atoms with Gasteiger partial charge in [-0.15, -0.1) is 0 Å². The molecule has 0 aliphatic carbocycles. The first-order valence-electron chi connectivity index (χ1n) is 8.71. The summed E-state index contributed by atoms with van der Waals surface area (Å²) >= 11 is 0. The molecule has 0 spiro atoms. The Hall–Kier alpha value is -3.02. The van der Waals surface area contributed by atoms with Crippen molar-refractivity contribution in [3.8, 4) is 11.5 Å². The summed E-state index contributed by atoms with van der Waals surface area (Å²) < 4.78 is 10.8. The number of carbonyl (C=O) groups is 2. The fraction of sp³-hybridized carbons (Fsp3) is 0.300. The lowest BCUT2D eigenvalue weighted by atomic mass is 10.2. The predicted octanol–water partition coefficient (Wildman–Crippen LogP) is 3.23. The lowest BCUT2D eigenvalue weighted by Crippen LogP contribution is -2.34. The van der Waals surface area contributed by atoms with Crippen molar-refractivity contribution in [1.82, 2.24) is 0 Å². The number of anilines is 2. The van der Waals surface area contributed by atoms with Gasteiger partial charge in [-0.25, -0.2) is 4.90 Å². The molecule has 1 N–H and O–H groups in total. The van der Waals surface area contributed by atoms with E-state index in [0.29, 0.717) is 24.7 Å². The van der Waals surface area contributed by atoms with Gasteiger partial charge in [0.25, 0.3) is 5.91 Å². The number of amides is 2. The summed E-state index contributed by atoms with van der Waals surface area (Å²) in [7, 11) is 0. The lowest BCUT2D eigenvalue weighted by Gasteiger charge is -2.16. The zero-order valence-corrected chi connectivity index (χ0v) is 14.9. The molecule has 1 unspecified atom stereocenters. The van der Waals surface area contributed by atoms with E-state index in [0.717, 1.165) is 11.4 Å². The number of carbonyl (C=O) groups excluding carboxylic acids is 2. The van der Waals surface area contributed by atoms with Gasteiger partial charge >= 0.3 is 0 Å². The molecule has 26 heavy (non-hydrogen) atoms. The highest BCUT2D eigenvalue weighted by Gasteiger charge is 2.39. The molecule has 2 amide bonds. The van der Waals surface area contributed by atoms with Crippen molar-refractivity contribution in [1.29, 1.82) is 0 Å². The zero-order valence-electron chi connectivity index (χ0n) is 14.9. The van der Waals surface area contributed by atoms with Crippen LogP contribution in [0.15, 0.2) is 48.5 Å². The number of ether oxygens (including phenoxy) is 2. The largest absolute Gasteiger partial charge is 0.494 e. The Balaban J connectivity index is 1.70. The van der Waals surface area contributed by atoms with Crippen LogP contribution in [0.5, 0.6) is 11.5 Å². The second kappa shape index (κ2) is 7.91. The van der Waals surface area contributed by atoms with E-state index in [9.17, 15) is 9.59 Å². The van der Waals surface area contributed by atoms with Crippen LogP contribution in [0.3, 0.4) is 0 Å². The standard InChI is InChI=1S/C20H22N2O4/c1-3-25-16-9-5-14(6-10-16)21-18-13-19(23)22(20(18)24)15-7-11-17(12-8-15)26-4-2/h5-12,18,21H,3-4,13H2,1-2H3. The minimum Gasteiger partial charge on any atom is -0.494 e. The Morgan fingerprint density at radius 2 is 1.46 bits per heavy atom. The number of hydrogen-bond donors (Lipinski definition) is 1. The van der Waals surface area contributed by atoms with Crippen LogP contribution in [0.1, 0.15) is 20.3 Å². The Kier molecular flexibility index (Phi) is 5.41. The van der Waals surface area contributed by atoms with Crippen LogP contribution in [0.2, 0.25) is 0 Å². The molecule has 1 atom stereocenters. The van der Waals surface area contributed by atoms with Crippen LogP contribution in [-0.2, 0) is 9.59 Å². The summed E-state index contributed by atoms with van der Waals surface area (Å²) in [6, 6.07) is 13.7. The van der Waals surface area contributed by atoms with Gasteiger partial charge in [-0.2, -0.15) is 0 Å². The number of nitrogens with one attached hydrogen (secondary N) is 1. The third-order valence-electron chi connectivity index (χ3n) is 4.06. The molecule has 2 aromatic rings. The normalized spacial score (nSPS) is 16.7. The minimum atomic E-state index is -0.577. The van der Waals surface area contributed by atoms with E-state index in [2.05, 4.69) is 5.32 Å². The van der Waals surface area contributed by atoms with Crippen LogP contribution in [0.4, 0.5) is 11.4 Å². The van der Waals surface area contributed by atoms with Gasteiger partial charge in [0.1, 0.15) is 17.5 Å². The fourth-order valence-corrected chi connectivity index (χ4v) is 2.89. The summed E-state index contributed by atoms with van der Waals surface area (Å²) in [5.41, 5.74) is 1.33. The zero-order chi connectivity index (χ0) is 18.5. The highest BCUT2D eigenvalue weighted by Crippen LogP contribution is 2.27. The average Bonchev–Trinajstić information content (AvgIpc) is 2.92. The molecule has 2 aromatic carbocycles. The SMILES string of the molecule is CCOc1ccc(NC2CC(=O)N(c3ccc(OCC)cc3)C2=O)cc1. The van der Waals surface area contributed by atoms with Crippen LogP contribution >= 0.6 is 0 Å². The van der Waals surface area contributed by atoms with Crippen LogP contribution < -0.4 is 19.7 Å². The highest BCUT2D eigenvalue weighted by molar-refractivity contribution is 6.23. The number of hydrogen-bond acceptors (Lipinski definition) is 5. The molecule has 1 fully saturated rings. The predicted molar refractivity (Wildman–Crippen MR) is 99.7 cm³/mol. The van der Waals surface area contributed by atoms with Crippen molar-refractivity contribution in [3.63, 3.8) is 0 Å². The van der Waals surface area contributed by atoms with Gasteiger partial charge in [-0.05, 0) is 62.4 Å². The molecule has 1 aliphatic heterocycles. The Labute approximate surface area is 152 Å². The maximum absolute atomic E-state index is 12.7. The van der Waals surface area contributed by atoms with Crippen LogP contribution in [0, 0.1) is 0 Å². The maximum atomic E-state index is 12.7. The second-order valence-corrected chi connectivity index (χ2v) is 5.85. The molecular formula is C20H22N2O4. The third-order valence-corrected chi connectivity index (χ3v) is 4.06. The van der Waals surface area contributed by atoms with Crippen LogP contribution in [-0.4, -0.2) is 31.1 Å². The van der Waals surface area contributed by atoms with Crippen LogP contribution in [0.25, 0.3) is 0 Å². The summed E-state index contributed by atoms with van der Waals surface area (Å²) in [5.74, 6) is 0.998. The molecule has 0 saturated carbocycles. The highest BCUT2D eigenvalue weighted by atomic mass is 16.5. The Morgan fingerprint density at radius 1 is 0.923 bits per heavy atom. The summed E-state index contributed by atoms with van der Waals surface area (Å²) in [6.07, 6.45) is 0.124.